The molecule has 17 heavy (non-hydrogen) atoms. The van der Waals surface area contributed by atoms with Crippen molar-refractivity contribution in [3.05, 3.63) is 22.7 Å². The lowest BCUT2D eigenvalue weighted by Gasteiger charge is -2.14. The Bertz CT molecular complexity index is 356. The van der Waals surface area contributed by atoms with E-state index in [1.807, 2.05) is 26.0 Å². The molecule has 0 heterocycles. The predicted octanol–water partition coefficient (Wildman–Crippen LogP) is 3.25. The molecule has 0 aliphatic carbocycles. The summed E-state index contributed by atoms with van der Waals surface area (Å²) in [6, 6.07) is 3.89. The van der Waals surface area contributed by atoms with E-state index in [9.17, 15) is 0 Å². The van der Waals surface area contributed by atoms with E-state index in [4.69, 9.17) is 21.1 Å². The molecule has 1 rings (SSSR count). The van der Waals surface area contributed by atoms with Crippen LogP contribution in [0.15, 0.2) is 12.1 Å². The van der Waals surface area contributed by atoms with Gasteiger partial charge in [-0.2, -0.15) is 0 Å². The second-order valence-electron chi connectivity index (χ2n) is 3.55. The number of rotatable bonds is 7. The van der Waals surface area contributed by atoms with Crippen molar-refractivity contribution in [1.82, 2.24) is 5.32 Å². The van der Waals surface area contributed by atoms with Crippen molar-refractivity contribution in [3.8, 4) is 11.5 Å². The van der Waals surface area contributed by atoms with E-state index < -0.39 is 0 Å². The van der Waals surface area contributed by atoms with Crippen LogP contribution in [0.2, 0.25) is 5.02 Å². The van der Waals surface area contributed by atoms with Crippen molar-refractivity contribution in [3.63, 3.8) is 0 Å². The Balaban J connectivity index is 2.97. The molecule has 0 saturated carbocycles. The summed E-state index contributed by atoms with van der Waals surface area (Å²) in [4.78, 5) is 0. The van der Waals surface area contributed by atoms with Gasteiger partial charge < -0.3 is 14.8 Å². The van der Waals surface area contributed by atoms with E-state index in [2.05, 4.69) is 12.2 Å². The van der Waals surface area contributed by atoms with Gasteiger partial charge in [0.1, 0.15) is 0 Å². The minimum Gasteiger partial charge on any atom is -0.490 e. The monoisotopic (exact) mass is 257 g/mol. The second-order valence-corrected chi connectivity index (χ2v) is 3.96. The van der Waals surface area contributed by atoms with Crippen LogP contribution in [0.1, 0.15) is 26.3 Å². The zero-order valence-electron chi connectivity index (χ0n) is 10.7. The first kappa shape index (κ1) is 14.1. The first-order chi connectivity index (χ1) is 8.22. The maximum Gasteiger partial charge on any atom is 0.179 e. The molecule has 0 atom stereocenters. The number of ether oxygens (including phenoxy) is 2. The normalized spacial score (nSPS) is 10.4. The van der Waals surface area contributed by atoms with Crippen LogP contribution in [-0.2, 0) is 6.54 Å². The van der Waals surface area contributed by atoms with Gasteiger partial charge in [-0.25, -0.2) is 0 Å². The molecule has 0 amide bonds. The molecule has 0 saturated heterocycles. The average molecular weight is 258 g/mol. The SMILES string of the molecule is CCNCc1cc(Cl)c(OCC)c(OCC)c1. The Morgan fingerprint density at radius 2 is 1.82 bits per heavy atom. The lowest BCUT2D eigenvalue weighted by molar-refractivity contribution is 0.287. The summed E-state index contributed by atoms with van der Waals surface area (Å²) in [7, 11) is 0. The van der Waals surface area contributed by atoms with Gasteiger partial charge in [0, 0.05) is 6.54 Å². The Labute approximate surface area is 108 Å². The van der Waals surface area contributed by atoms with Gasteiger partial charge in [0.05, 0.1) is 18.2 Å². The van der Waals surface area contributed by atoms with E-state index in [-0.39, 0.29) is 0 Å². The van der Waals surface area contributed by atoms with Gasteiger partial charge in [0.15, 0.2) is 11.5 Å². The Morgan fingerprint density at radius 1 is 1.12 bits per heavy atom. The Morgan fingerprint density at radius 3 is 2.41 bits per heavy atom. The molecule has 1 N–H and O–H groups in total. The van der Waals surface area contributed by atoms with Crippen LogP contribution >= 0.6 is 11.6 Å². The molecule has 0 spiro atoms. The highest BCUT2D eigenvalue weighted by Gasteiger charge is 2.11. The molecule has 96 valence electrons. The summed E-state index contributed by atoms with van der Waals surface area (Å²) in [6.07, 6.45) is 0. The van der Waals surface area contributed by atoms with Crippen LogP contribution in [0.3, 0.4) is 0 Å². The van der Waals surface area contributed by atoms with Crippen molar-refractivity contribution < 1.29 is 9.47 Å². The fourth-order valence-electron chi connectivity index (χ4n) is 1.54. The maximum absolute atomic E-state index is 6.20. The quantitative estimate of drug-likeness (QED) is 0.813. The van der Waals surface area contributed by atoms with Gasteiger partial charge in [0.2, 0.25) is 0 Å². The summed E-state index contributed by atoms with van der Waals surface area (Å²) >= 11 is 6.20. The smallest absolute Gasteiger partial charge is 0.179 e. The number of nitrogens with one attached hydrogen (secondary N) is 1. The zero-order chi connectivity index (χ0) is 12.7. The highest BCUT2D eigenvalue weighted by Crippen LogP contribution is 2.36. The number of benzene rings is 1. The molecule has 0 unspecified atom stereocenters. The maximum atomic E-state index is 6.20. The third kappa shape index (κ3) is 4.10. The topological polar surface area (TPSA) is 30.5 Å². The minimum absolute atomic E-state index is 0.576. The van der Waals surface area contributed by atoms with Crippen LogP contribution in [0, 0.1) is 0 Å². The van der Waals surface area contributed by atoms with Crippen LogP contribution in [0.4, 0.5) is 0 Å². The Kier molecular flexibility index (Phi) is 6.16. The fraction of sp³-hybridized carbons (Fsp3) is 0.538. The molecular weight excluding hydrogens is 238 g/mol. The van der Waals surface area contributed by atoms with Gasteiger partial charge in [-0.3, -0.25) is 0 Å². The van der Waals surface area contributed by atoms with E-state index >= 15 is 0 Å². The highest BCUT2D eigenvalue weighted by atomic mass is 35.5. The zero-order valence-corrected chi connectivity index (χ0v) is 11.4. The van der Waals surface area contributed by atoms with E-state index in [1.165, 1.54) is 0 Å². The lowest BCUT2D eigenvalue weighted by Crippen LogP contribution is -2.12. The molecule has 1 aromatic rings. The number of hydrogen-bond acceptors (Lipinski definition) is 3. The van der Waals surface area contributed by atoms with Gasteiger partial charge in [-0.15, -0.1) is 0 Å². The lowest BCUT2D eigenvalue weighted by atomic mass is 10.2. The van der Waals surface area contributed by atoms with E-state index in [0.717, 1.165) is 24.4 Å². The van der Waals surface area contributed by atoms with Crippen molar-refractivity contribution in [1.29, 1.82) is 0 Å². The molecule has 0 bridgehead atoms. The molecule has 4 heteroatoms. The van der Waals surface area contributed by atoms with Gasteiger partial charge in [-0.05, 0) is 38.1 Å². The predicted molar refractivity (Wildman–Crippen MR) is 71.2 cm³/mol. The van der Waals surface area contributed by atoms with Crippen LogP contribution in [0.5, 0.6) is 11.5 Å². The van der Waals surface area contributed by atoms with E-state index in [0.29, 0.717) is 24.0 Å². The van der Waals surface area contributed by atoms with Crippen molar-refractivity contribution in [2.45, 2.75) is 27.3 Å². The summed E-state index contributed by atoms with van der Waals surface area (Å²) in [6.45, 7) is 8.82. The molecular formula is C13H20ClNO2. The van der Waals surface area contributed by atoms with Gasteiger partial charge in [-0.1, -0.05) is 18.5 Å². The van der Waals surface area contributed by atoms with Crippen LogP contribution < -0.4 is 14.8 Å². The van der Waals surface area contributed by atoms with Crippen LogP contribution in [0.25, 0.3) is 0 Å². The first-order valence-electron chi connectivity index (χ1n) is 6.01. The fourth-order valence-corrected chi connectivity index (χ4v) is 1.83. The first-order valence-corrected chi connectivity index (χ1v) is 6.39. The molecule has 3 nitrogen and oxygen atoms in total. The summed E-state index contributed by atoms with van der Waals surface area (Å²) < 4.78 is 11.1. The molecule has 1 aromatic carbocycles. The number of halogens is 1. The largest absolute Gasteiger partial charge is 0.490 e. The van der Waals surface area contributed by atoms with Gasteiger partial charge in [0.25, 0.3) is 0 Å². The average Bonchev–Trinajstić information content (AvgIpc) is 2.31. The third-order valence-corrected chi connectivity index (χ3v) is 2.52. The third-order valence-electron chi connectivity index (χ3n) is 2.24. The molecule has 0 fully saturated rings. The van der Waals surface area contributed by atoms with Crippen LogP contribution in [-0.4, -0.2) is 19.8 Å². The van der Waals surface area contributed by atoms with Crippen molar-refractivity contribution in [2.75, 3.05) is 19.8 Å². The van der Waals surface area contributed by atoms with Gasteiger partial charge >= 0.3 is 0 Å². The second kappa shape index (κ2) is 7.41. The molecule has 0 radical (unpaired) electrons. The molecule has 0 aliphatic heterocycles. The van der Waals surface area contributed by atoms with E-state index in [1.54, 1.807) is 0 Å². The summed E-state index contributed by atoms with van der Waals surface area (Å²) in [5.41, 5.74) is 1.10. The van der Waals surface area contributed by atoms with Crippen molar-refractivity contribution >= 4 is 11.6 Å². The highest BCUT2D eigenvalue weighted by molar-refractivity contribution is 6.32. The molecule has 0 aromatic heterocycles. The standard InChI is InChI=1S/C13H20ClNO2/c1-4-15-9-10-7-11(14)13(17-6-3)12(8-10)16-5-2/h7-8,15H,4-6,9H2,1-3H3. The molecule has 0 aliphatic rings. The number of hydrogen-bond donors (Lipinski definition) is 1. The summed E-state index contributed by atoms with van der Waals surface area (Å²) in [5.74, 6) is 1.35. The Hall–Kier alpha value is -0.930. The summed E-state index contributed by atoms with van der Waals surface area (Å²) in [5, 5.41) is 3.86. The minimum atomic E-state index is 0.576. The van der Waals surface area contributed by atoms with Crippen molar-refractivity contribution in [2.24, 2.45) is 0 Å².